The molecule has 0 aliphatic heterocycles. The molecule has 1 aromatic heterocycles. The van der Waals surface area contributed by atoms with E-state index in [1.165, 1.54) is 30.3 Å². The lowest BCUT2D eigenvalue weighted by atomic mass is 10.1. The van der Waals surface area contributed by atoms with Crippen molar-refractivity contribution in [2.45, 2.75) is 6.92 Å². The quantitative estimate of drug-likeness (QED) is 0.494. The van der Waals surface area contributed by atoms with Gasteiger partial charge in [-0.1, -0.05) is 12.1 Å². The predicted molar refractivity (Wildman–Crippen MR) is 113 cm³/mol. The highest BCUT2D eigenvalue weighted by Crippen LogP contribution is 2.26. The fraction of sp³-hybridized carbons (Fsp3) is 0.0833. The van der Waals surface area contributed by atoms with Crippen LogP contribution in [0.1, 0.15) is 17.3 Å². The zero-order chi connectivity index (χ0) is 21.1. The highest BCUT2D eigenvalue weighted by Gasteiger charge is 2.13. The van der Waals surface area contributed by atoms with Gasteiger partial charge in [0.05, 0.1) is 17.6 Å². The lowest BCUT2D eigenvalue weighted by molar-refractivity contribution is 0.102. The van der Waals surface area contributed by atoms with E-state index in [9.17, 15) is 14.0 Å². The van der Waals surface area contributed by atoms with Crippen molar-refractivity contribution in [2.24, 2.45) is 0 Å². The first-order chi connectivity index (χ1) is 14.5. The van der Waals surface area contributed by atoms with Gasteiger partial charge >= 0.3 is 0 Å². The number of benzene rings is 3. The molecule has 0 saturated heterocycles. The fourth-order valence-corrected chi connectivity index (χ4v) is 3.10. The van der Waals surface area contributed by atoms with Gasteiger partial charge in [-0.15, -0.1) is 0 Å². The summed E-state index contributed by atoms with van der Waals surface area (Å²) in [5.41, 5.74) is 1.18. The fourth-order valence-electron chi connectivity index (χ4n) is 3.10. The lowest BCUT2D eigenvalue weighted by Gasteiger charge is -2.08. The van der Waals surface area contributed by atoms with Crippen LogP contribution in [0.4, 0.5) is 10.1 Å². The van der Waals surface area contributed by atoms with Crippen LogP contribution in [0.3, 0.4) is 0 Å². The summed E-state index contributed by atoms with van der Waals surface area (Å²) in [5, 5.41) is 2.93. The molecule has 4 rings (SSSR count). The van der Waals surface area contributed by atoms with Crippen LogP contribution in [0.2, 0.25) is 0 Å². The second kappa shape index (κ2) is 8.21. The zero-order valence-electron chi connectivity index (χ0n) is 16.1. The maximum absolute atomic E-state index is 13.8. The summed E-state index contributed by atoms with van der Waals surface area (Å²) in [6, 6.07) is 19.1. The molecule has 0 radical (unpaired) electrons. The molecule has 0 aliphatic rings. The molecule has 4 aromatic rings. The van der Waals surface area contributed by atoms with Crippen molar-refractivity contribution in [1.29, 1.82) is 0 Å². The van der Waals surface area contributed by atoms with Gasteiger partial charge in [0.2, 0.25) is 0 Å². The van der Waals surface area contributed by atoms with Crippen LogP contribution in [0.15, 0.2) is 82.0 Å². The Bertz CT molecular complexity index is 1280. The number of rotatable bonds is 5. The Morgan fingerprint density at radius 1 is 1.03 bits per heavy atom. The van der Waals surface area contributed by atoms with E-state index in [0.717, 1.165) is 11.3 Å². The molecule has 0 fully saturated rings. The van der Waals surface area contributed by atoms with Gasteiger partial charge < -0.3 is 14.5 Å². The van der Waals surface area contributed by atoms with Crippen molar-refractivity contribution in [3.8, 4) is 17.1 Å². The molecular weight excluding hydrogens is 385 g/mol. The lowest BCUT2D eigenvalue weighted by Crippen LogP contribution is -2.14. The number of amides is 1. The van der Waals surface area contributed by atoms with Crippen LogP contribution >= 0.6 is 0 Å². The summed E-state index contributed by atoms with van der Waals surface area (Å²) >= 11 is 0. The number of hydrogen-bond acceptors (Lipinski definition) is 4. The van der Waals surface area contributed by atoms with Crippen molar-refractivity contribution in [3.05, 3.63) is 94.4 Å². The van der Waals surface area contributed by atoms with Gasteiger partial charge in [0.15, 0.2) is 5.43 Å². The molecule has 1 amide bonds. The average molecular weight is 403 g/mol. The Kier molecular flexibility index (Phi) is 5.30. The van der Waals surface area contributed by atoms with Gasteiger partial charge in [0.1, 0.15) is 22.9 Å². The van der Waals surface area contributed by atoms with Gasteiger partial charge in [-0.05, 0) is 61.5 Å². The summed E-state index contributed by atoms with van der Waals surface area (Å²) in [7, 11) is 0. The molecule has 1 N–H and O–H groups in total. The SMILES string of the molecule is CCOc1ccc(-c2cc(=O)c3cc(NC(=O)c4ccccc4F)ccc3o2)cc1. The Hall–Kier alpha value is -3.93. The topological polar surface area (TPSA) is 68.5 Å². The Morgan fingerprint density at radius 2 is 1.80 bits per heavy atom. The van der Waals surface area contributed by atoms with E-state index in [2.05, 4.69) is 5.32 Å². The van der Waals surface area contributed by atoms with Crippen LogP contribution in [0, 0.1) is 5.82 Å². The summed E-state index contributed by atoms with van der Waals surface area (Å²) in [4.78, 5) is 25.0. The largest absolute Gasteiger partial charge is 0.494 e. The zero-order valence-corrected chi connectivity index (χ0v) is 16.1. The third kappa shape index (κ3) is 3.93. The van der Waals surface area contributed by atoms with Crippen LogP contribution in [0.25, 0.3) is 22.3 Å². The van der Waals surface area contributed by atoms with E-state index in [-0.39, 0.29) is 11.0 Å². The monoisotopic (exact) mass is 403 g/mol. The molecule has 30 heavy (non-hydrogen) atoms. The van der Waals surface area contributed by atoms with Gasteiger partial charge in [0.25, 0.3) is 5.91 Å². The number of halogens is 1. The van der Waals surface area contributed by atoms with E-state index in [4.69, 9.17) is 9.15 Å². The normalized spacial score (nSPS) is 10.7. The Balaban J connectivity index is 1.63. The Labute approximate surface area is 171 Å². The number of nitrogens with one attached hydrogen (secondary N) is 1. The third-order valence-corrected chi connectivity index (χ3v) is 4.55. The molecule has 3 aromatic carbocycles. The molecule has 0 saturated carbocycles. The third-order valence-electron chi connectivity index (χ3n) is 4.55. The molecule has 0 bridgehead atoms. The molecule has 6 heteroatoms. The molecule has 150 valence electrons. The van der Waals surface area contributed by atoms with Crippen molar-refractivity contribution < 1.29 is 18.3 Å². The summed E-state index contributed by atoms with van der Waals surface area (Å²) < 4.78 is 25.1. The first kappa shape index (κ1) is 19.4. The number of hydrogen-bond donors (Lipinski definition) is 1. The summed E-state index contributed by atoms with van der Waals surface area (Å²) in [5.74, 6) is -0.0449. The van der Waals surface area contributed by atoms with Gasteiger partial charge in [-0.3, -0.25) is 9.59 Å². The number of ether oxygens (including phenoxy) is 1. The van der Waals surface area contributed by atoms with Crippen molar-refractivity contribution >= 4 is 22.6 Å². The van der Waals surface area contributed by atoms with Gasteiger partial charge in [0, 0.05) is 17.3 Å². The number of fused-ring (bicyclic) bond motifs is 1. The standard InChI is InChI=1S/C24H18FNO4/c1-2-29-17-10-7-15(8-11-17)23-14-21(27)19-13-16(9-12-22(19)30-23)26-24(28)18-5-3-4-6-20(18)25/h3-14H,2H2,1H3,(H,26,28). The first-order valence-corrected chi connectivity index (χ1v) is 9.42. The van der Waals surface area contributed by atoms with Crippen molar-refractivity contribution in [3.63, 3.8) is 0 Å². The maximum atomic E-state index is 13.8. The minimum Gasteiger partial charge on any atom is -0.494 e. The highest BCUT2D eigenvalue weighted by molar-refractivity contribution is 6.05. The minimum atomic E-state index is -0.615. The second-order valence-corrected chi connectivity index (χ2v) is 6.58. The van der Waals surface area contributed by atoms with Crippen molar-refractivity contribution in [2.75, 3.05) is 11.9 Å². The first-order valence-electron chi connectivity index (χ1n) is 9.42. The van der Waals surface area contributed by atoms with E-state index in [0.29, 0.717) is 29.0 Å². The Morgan fingerprint density at radius 3 is 2.53 bits per heavy atom. The van der Waals surface area contributed by atoms with E-state index < -0.39 is 11.7 Å². The molecule has 0 aliphatic carbocycles. The molecule has 5 nitrogen and oxygen atoms in total. The van der Waals surface area contributed by atoms with Crippen LogP contribution in [-0.4, -0.2) is 12.5 Å². The number of carbonyl (C=O) groups is 1. The average Bonchev–Trinajstić information content (AvgIpc) is 2.75. The van der Waals surface area contributed by atoms with Crippen LogP contribution in [-0.2, 0) is 0 Å². The molecule has 0 atom stereocenters. The van der Waals surface area contributed by atoms with Gasteiger partial charge in [-0.2, -0.15) is 0 Å². The molecule has 0 unspecified atom stereocenters. The van der Waals surface area contributed by atoms with E-state index in [1.807, 2.05) is 31.2 Å². The highest BCUT2D eigenvalue weighted by atomic mass is 19.1. The van der Waals surface area contributed by atoms with Crippen LogP contribution in [0.5, 0.6) is 5.75 Å². The maximum Gasteiger partial charge on any atom is 0.258 e. The predicted octanol–water partition coefficient (Wildman–Crippen LogP) is 5.25. The number of anilines is 1. The summed E-state index contributed by atoms with van der Waals surface area (Å²) in [6.45, 7) is 2.48. The minimum absolute atomic E-state index is 0.0736. The molecule has 0 spiro atoms. The van der Waals surface area contributed by atoms with Crippen molar-refractivity contribution in [1.82, 2.24) is 0 Å². The molecular formula is C24H18FNO4. The van der Waals surface area contributed by atoms with Crippen LogP contribution < -0.4 is 15.5 Å². The van der Waals surface area contributed by atoms with Gasteiger partial charge in [-0.25, -0.2) is 4.39 Å². The second-order valence-electron chi connectivity index (χ2n) is 6.58. The molecule has 1 heterocycles. The van der Waals surface area contributed by atoms with E-state index in [1.54, 1.807) is 18.2 Å². The van der Waals surface area contributed by atoms with E-state index >= 15 is 0 Å². The smallest absolute Gasteiger partial charge is 0.258 e. The number of carbonyl (C=O) groups excluding carboxylic acids is 1. The summed E-state index contributed by atoms with van der Waals surface area (Å²) in [6.07, 6.45) is 0.